The van der Waals surface area contributed by atoms with Crippen molar-refractivity contribution < 1.29 is 9.90 Å². The molecule has 0 bridgehead atoms. The van der Waals surface area contributed by atoms with Crippen LogP contribution in [0.5, 0.6) is 0 Å². The molecule has 0 radical (unpaired) electrons. The van der Waals surface area contributed by atoms with Gasteiger partial charge < -0.3 is 5.11 Å². The maximum Gasteiger partial charge on any atom is 0.409 e. The van der Waals surface area contributed by atoms with E-state index in [0.29, 0.717) is 6.54 Å². The van der Waals surface area contributed by atoms with Gasteiger partial charge in [0.15, 0.2) is 0 Å². The molecule has 15 heavy (non-hydrogen) atoms. The Labute approximate surface area is 87.3 Å². The number of hydrogen-bond acceptors (Lipinski definition) is 2. The summed E-state index contributed by atoms with van der Waals surface area (Å²) in [7, 11) is 0. The van der Waals surface area contributed by atoms with Crippen molar-refractivity contribution in [3.8, 4) is 0 Å². The van der Waals surface area contributed by atoms with Gasteiger partial charge >= 0.3 is 6.09 Å². The van der Waals surface area contributed by atoms with Gasteiger partial charge in [0.1, 0.15) is 6.17 Å². The first kappa shape index (κ1) is 8.76. The first-order valence-corrected chi connectivity index (χ1v) is 5.22. The average molecular weight is 207 g/mol. The zero-order chi connectivity index (χ0) is 10.5. The molecule has 1 unspecified atom stereocenters. The number of aromatic nitrogens is 2. The number of hydrogen-bond donors (Lipinski definition) is 1. The molecule has 1 aliphatic heterocycles. The quantitative estimate of drug-likeness (QED) is 0.760. The van der Waals surface area contributed by atoms with Crippen LogP contribution < -0.4 is 0 Å². The molecule has 1 aliphatic carbocycles. The van der Waals surface area contributed by atoms with Crippen LogP contribution in [0.15, 0.2) is 18.5 Å². The normalized spacial score (nSPS) is 27.2. The summed E-state index contributed by atoms with van der Waals surface area (Å²) in [5.41, 5.74) is 0.185. The van der Waals surface area contributed by atoms with Crippen LogP contribution in [-0.4, -0.2) is 32.4 Å². The Kier molecular flexibility index (Phi) is 1.60. The van der Waals surface area contributed by atoms with Crippen LogP contribution in [0.25, 0.3) is 0 Å². The molecule has 1 amide bonds. The van der Waals surface area contributed by atoms with Crippen LogP contribution in [0.2, 0.25) is 0 Å². The number of amides is 1. The number of nitrogens with zero attached hydrogens (tertiary/aromatic N) is 3. The molecule has 1 aromatic rings. The van der Waals surface area contributed by atoms with Crippen molar-refractivity contribution in [2.75, 3.05) is 6.54 Å². The molecular weight excluding hydrogens is 194 g/mol. The van der Waals surface area contributed by atoms with Crippen molar-refractivity contribution in [1.29, 1.82) is 0 Å². The Balaban J connectivity index is 1.90. The number of likely N-dealkylation sites (tertiary alicyclic amines) is 1. The zero-order valence-electron chi connectivity index (χ0n) is 8.33. The van der Waals surface area contributed by atoms with Crippen LogP contribution in [0, 0.1) is 5.41 Å². The topological polar surface area (TPSA) is 58.4 Å². The predicted octanol–water partition coefficient (Wildman–Crippen LogP) is 1.55. The van der Waals surface area contributed by atoms with Gasteiger partial charge in [0.05, 0.1) is 0 Å². The highest BCUT2D eigenvalue weighted by molar-refractivity contribution is 5.67. The largest absolute Gasteiger partial charge is 0.465 e. The van der Waals surface area contributed by atoms with E-state index in [-0.39, 0.29) is 11.6 Å². The number of carbonyl (C=O) groups is 1. The summed E-state index contributed by atoms with van der Waals surface area (Å²) in [5.74, 6) is 0. The van der Waals surface area contributed by atoms with Gasteiger partial charge in [-0.3, -0.25) is 4.90 Å². The summed E-state index contributed by atoms with van der Waals surface area (Å²) in [4.78, 5) is 12.5. The van der Waals surface area contributed by atoms with Crippen molar-refractivity contribution in [2.45, 2.75) is 25.4 Å². The van der Waals surface area contributed by atoms with Crippen molar-refractivity contribution >= 4 is 6.09 Å². The van der Waals surface area contributed by atoms with E-state index in [4.69, 9.17) is 5.11 Å². The van der Waals surface area contributed by atoms with Crippen LogP contribution in [0.3, 0.4) is 0 Å². The third-order valence-electron chi connectivity index (χ3n) is 3.70. The second kappa shape index (κ2) is 2.74. The van der Waals surface area contributed by atoms with E-state index in [1.54, 1.807) is 10.9 Å². The lowest BCUT2D eigenvalue weighted by molar-refractivity contribution is -0.149. The molecule has 1 saturated carbocycles. The fourth-order valence-corrected chi connectivity index (χ4v) is 2.79. The van der Waals surface area contributed by atoms with Gasteiger partial charge in [-0.1, -0.05) is 6.42 Å². The van der Waals surface area contributed by atoms with E-state index in [2.05, 4.69) is 5.10 Å². The summed E-state index contributed by atoms with van der Waals surface area (Å²) in [5, 5.41) is 13.2. The SMILES string of the molecule is O=C(O)N1CC2(CCC2)C1n1cccn1. The summed E-state index contributed by atoms with van der Waals surface area (Å²) in [6.07, 6.45) is 6.10. The van der Waals surface area contributed by atoms with Crippen LogP contribution in [-0.2, 0) is 0 Å². The average Bonchev–Trinajstić information content (AvgIpc) is 2.51. The molecule has 5 heteroatoms. The molecule has 3 rings (SSSR count). The first-order chi connectivity index (χ1) is 7.23. The summed E-state index contributed by atoms with van der Waals surface area (Å²) < 4.78 is 1.77. The van der Waals surface area contributed by atoms with Crippen molar-refractivity contribution in [3.63, 3.8) is 0 Å². The Morgan fingerprint density at radius 3 is 2.80 bits per heavy atom. The second-order valence-corrected chi connectivity index (χ2v) is 4.49. The van der Waals surface area contributed by atoms with Crippen LogP contribution in [0.4, 0.5) is 4.79 Å². The van der Waals surface area contributed by atoms with E-state index in [1.807, 2.05) is 12.3 Å². The van der Waals surface area contributed by atoms with E-state index in [9.17, 15) is 4.79 Å². The molecule has 1 N–H and O–H groups in total. The maximum atomic E-state index is 11.0. The zero-order valence-corrected chi connectivity index (χ0v) is 8.33. The van der Waals surface area contributed by atoms with Gasteiger partial charge in [0.2, 0.25) is 0 Å². The highest BCUT2D eigenvalue weighted by Gasteiger charge is 2.59. The monoisotopic (exact) mass is 207 g/mol. The highest BCUT2D eigenvalue weighted by atomic mass is 16.4. The van der Waals surface area contributed by atoms with E-state index >= 15 is 0 Å². The minimum absolute atomic E-state index is 0.0706. The molecule has 2 aliphatic rings. The van der Waals surface area contributed by atoms with Gasteiger partial charge in [0, 0.05) is 24.4 Å². The Hall–Kier alpha value is -1.52. The van der Waals surface area contributed by atoms with Crippen LogP contribution in [0.1, 0.15) is 25.4 Å². The smallest absolute Gasteiger partial charge is 0.409 e. The van der Waals surface area contributed by atoms with Gasteiger partial charge in [-0.25, -0.2) is 9.48 Å². The predicted molar refractivity (Wildman–Crippen MR) is 52.3 cm³/mol. The lowest BCUT2D eigenvalue weighted by Crippen LogP contribution is -2.65. The minimum atomic E-state index is -0.840. The fourth-order valence-electron chi connectivity index (χ4n) is 2.79. The van der Waals surface area contributed by atoms with E-state index in [0.717, 1.165) is 12.8 Å². The maximum absolute atomic E-state index is 11.0. The minimum Gasteiger partial charge on any atom is -0.465 e. The Morgan fingerprint density at radius 1 is 1.53 bits per heavy atom. The number of rotatable bonds is 1. The molecule has 1 spiro atoms. The van der Waals surface area contributed by atoms with Gasteiger partial charge in [-0.2, -0.15) is 5.10 Å². The molecule has 0 aromatic carbocycles. The van der Waals surface area contributed by atoms with Crippen molar-refractivity contribution in [2.24, 2.45) is 5.41 Å². The molecule has 2 fully saturated rings. The lowest BCUT2D eigenvalue weighted by atomic mass is 9.61. The summed E-state index contributed by atoms with van der Waals surface area (Å²) in [6, 6.07) is 1.84. The number of carboxylic acid groups (broad SMARTS) is 1. The molecule has 5 nitrogen and oxygen atoms in total. The van der Waals surface area contributed by atoms with E-state index in [1.165, 1.54) is 11.3 Å². The molecule has 1 aromatic heterocycles. The van der Waals surface area contributed by atoms with Gasteiger partial charge in [0.25, 0.3) is 0 Å². The molecular formula is C10H13N3O2. The Morgan fingerprint density at radius 2 is 2.33 bits per heavy atom. The standard InChI is InChI=1S/C10H13N3O2/c14-9(15)12-7-10(3-1-4-10)8(12)13-6-2-5-11-13/h2,5-6,8H,1,3-4,7H2,(H,14,15). The summed E-state index contributed by atoms with van der Waals surface area (Å²) in [6.45, 7) is 0.673. The third-order valence-corrected chi connectivity index (χ3v) is 3.70. The molecule has 1 saturated heterocycles. The van der Waals surface area contributed by atoms with Crippen LogP contribution >= 0.6 is 0 Å². The fraction of sp³-hybridized carbons (Fsp3) is 0.600. The third kappa shape index (κ3) is 1.03. The Bertz CT molecular complexity index is 383. The lowest BCUT2D eigenvalue weighted by Gasteiger charge is -2.60. The molecule has 1 atom stereocenters. The second-order valence-electron chi connectivity index (χ2n) is 4.49. The summed E-state index contributed by atoms with van der Waals surface area (Å²) >= 11 is 0. The molecule has 80 valence electrons. The van der Waals surface area contributed by atoms with Crippen molar-refractivity contribution in [1.82, 2.24) is 14.7 Å². The van der Waals surface area contributed by atoms with Crippen molar-refractivity contribution in [3.05, 3.63) is 18.5 Å². The van der Waals surface area contributed by atoms with Gasteiger partial charge in [-0.05, 0) is 18.9 Å². The van der Waals surface area contributed by atoms with Gasteiger partial charge in [-0.15, -0.1) is 0 Å². The first-order valence-electron chi connectivity index (χ1n) is 5.22. The highest BCUT2D eigenvalue weighted by Crippen LogP contribution is 2.58. The molecule has 2 heterocycles. The van der Waals surface area contributed by atoms with E-state index < -0.39 is 6.09 Å².